The number of anilines is 3. The fraction of sp³-hybridized carbons (Fsp3) is 0.0667. The Morgan fingerprint density at radius 3 is 1.57 bits per heavy atom. The van der Waals surface area contributed by atoms with Crippen LogP contribution < -0.4 is 4.90 Å². The van der Waals surface area contributed by atoms with E-state index in [0.29, 0.717) is 0 Å². The molecule has 1 heterocycles. The predicted octanol–water partition coefficient (Wildman–Crippen LogP) is 12.7. The minimum atomic E-state index is -0.305. The van der Waals surface area contributed by atoms with E-state index >= 15 is 0 Å². The van der Waals surface area contributed by atoms with Gasteiger partial charge in [0, 0.05) is 33.1 Å². The molecule has 0 bridgehead atoms. The first-order valence-electron chi connectivity index (χ1n) is 16.3. The first-order chi connectivity index (χ1) is 23.1. The van der Waals surface area contributed by atoms with Crippen LogP contribution in [-0.4, -0.2) is 0 Å². The van der Waals surface area contributed by atoms with Gasteiger partial charge in [0.15, 0.2) is 0 Å². The van der Waals surface area contributed by atoms with Gasteiger partial charge in [-0.2, -0.15) is 0 Å². The van der Waals surface area contributed by atoms with Gasteiger partial charge in [0.1, 0.15) is 11.2 Å². The molecule has 47 heavy (non-hydrogen) atoms. The minimum Gasteiger partial charge on any atom is -0.456 e. The Hall–Kier alpha value is -5.86. The molecule has 0 radical (unpaired) electrons. The quantitative estimate of drug-likeness (QED) is 0.195. The zero-order chi connectivity index (χ0) is 31.5. The average Bonchev–Trinajstić information content (AvgIpc) is 3.62. The van der Waals surface area contributed by atoms with Crippen LogP contribution in [0, 0.1) is 0 Å². The van der Waals surface area contributed by atoms with Crippen LogP contribution in [0.4, 0.5) is 17.1 Å². The summed E-state index contributed by atoms with van der Waals surface area (Å²) in [5.41, 5.74) is 14.9. The van der Waals surface area contributed by atoms with Gasteiger partial charge in [-0.1, -0.05) is 135 Å². The highest BCUT2D eigenvalue weighted by atomic mass is 16.3. The zero-order valence-corrected chi connectivity index (χ0v) is 26.4. The highest BCUT2D eigenvalue weighted by Crippen LogP contribution is 2.56. The zero-order valence-electron chi connectivity index (χ0n) is 26.4. The van der Waals surface area contributed by atoms with Crippen LogP contribution in [0.15, 0.2) is 168 Å². The molecule has 0 N–H and O–H groups in total. The van der Waals surface area contributed by atoms with Gasteiger partial charge in [0.2, 0.25) is 0 Å². The molecule has 1 aliphatic carbocycles. The first-order valence-corrected chi connectivity index (χ1v) is 16.3. The summed E-state index contributed by atoms with van der Waals surface area (Å²) in [6.07, 6.45) is 0. The lowest BCUT2D eigenvalue weighted by molar-refractivity contribution is 0.620. The van der Waals surface area contributed by atoms with Crippen molar-refractivity contribution < 1.29 is 4.42 Å². The Bertz CT molecular complexity index is 2320. The van der Waals surface area contributed by atoms with E-state index in [-0.39, 0.29) is 5.41 Å². The summed E-state index contributed by atoms with van der Waals surface area (Å²) in [6.45, 7) is 4.70. The van der Waals surface area contributed by atoms with E-state index < -0.39 is 0 Å². The molecule has 0 spiro atoms. The predicted molar refractivity (Wildman–Crippen MR) is 197 cm³/mol. The molecule has 0 unspecified atom stereocenters. The SMILES string of the molecule is CC1(C)c2c(cccc2N(c2ccc(-c3ccccc3)cc2)c2ccc(-c3ccccc3)cc2)-c2ccc3c(oc4ccccc43)c21. The maximum absolute atomic E-state index is 6.63. The van der Waals surface area contributed by atoms with Gasteiger partial charge in [0.05, 0.1) is 5.69 Å². The molecule has 0 amide bonds. The van der Waals surface area contributed by atoms with Crippen molar-refractivity contribution in [3.8, 4) is 33.4 Å². The number of rotatable bonds is 5. The Balaban J connectivity index is 1.23. The molecule has 0 saturated heterocycles. The van der Waals surface area contributed by atoms with Gasteiger partial charge in [-0.05, 0) is 81.4 Å². The fourth-order valence-corrected chi connectivity index (χ4v) is 7.66. The van der Waals surface area contributed by atoms with Crippen LogP contribution in [0.2, 0.25) is 0 Å². The topological polar surface area (TPSA) is 16.4 Å². The van der Waals surface area contributed by atoms with Gasteiger partial charge < -0.3 is 9.32 Å². The van der Waals surface area contributed by atoms with Crippen LogP contribution >= 0.6 is 0 Å². The normalized spacial score (nSPS) is 13.1. The van der Waals surface area contributed by atoms with Crippen LogP contribution in [0.3, 0.4) is 0 Å². The van der Waals surface area contributed by atoms with Crippen molar-refractivity contribution in [2.75, 3.05) is 4.90 Å². The molecule has 0 atom stereocenters. The molecule has 0 aliphatic heterocycles. The van der Waals surface area contributed by atoms with E-state index in [2.05, 4.69) is 176 Å². The van der Waals surface area contributed by atoms with Gasteiger partial charge >= 0.3 is 0 Å². The van der Waals surface area contributed by atoms with Crippen molar-refractivity contribution in [3.05, 3.63) is 175 Å². The third-order valence-electron chi connectivity index (χ3n) is 9.84. The largest absolute Gasteiger partial charge is 0.456 e. The third kappa shape index (κ3) is 4.33. The Kier molecular flexibility index (Phi) is 6.20. The summed E-state index contributed by atoms with van der Waals surface area (Å²) in [4.78, 5) is 2.42. The van der Waals surface area contributed by atoms with Gasteiger partial charge in [-0.15, -0.1) is 0 Å². The number of furan rings is 1. The minimum absolute atomic E-state index is 0.305. The Morgan fingerprint density at radius 1 is 0.426 bits per heavy atom. The van der Waals surface area contributed by atoms with E-state index in [1.54, 1.807) is 0 Å². The van der Waals surface area contributed by atoms with E-state index in [0.717, 1.165) is 27.9 Å². The molecule has 8 aromatic rings. The van der Waals surface area contributed by atoms with Gasteiger partial charge in [-0.3, -0.25) is 0 Å². The van der Waals surface area contributed by atoms with Crippen LogP contribution in [0.5, 0.6) is 0 Å². The molecule has 7 aromatic carbocycles. The number of nitrogens with zero attached hydrogens (tertiary/aromatic N) is 1. The second-order valence-corrected chi connectivity index (χ2v) is 12.9. The standard InChI is InChI=1S/C45H33NO/c1-45(2)42-37(38-28-29-39-36-16-9-10-19-41(36)47-44(39)43(38)45)17-11-18-40(42)46(34-24-20-32(21-25-34)30-12-5-3-6-13-30)35-26-22-33(23-27-35)31-14-7-4-8-15-31/h3-29H,1-2H3. The molecule has 9 rings (SSSR count). The number of benzene rings is 7. The Morgan fingerprint density at radius 2 is 0.957 bits per heavy atom. The summed E-state index contributed by atoms with van der Waals surface area (Å²) in [5, 5.41) is 2.34. The van der Waals surface area contributed by atoms with E-state index in [9.17, 15) is 0 Å². The molecule has 0 saturated carbocycles. The van der Waals surface area contributed by atoms with Crippen molar-refractivity contribution in [2.45, 2.75) is 19.3 Å². The maximum atomic E-state index is 6.63. The highest BCUT2D eigenvalue weighted by molar-refractivity contribution is 6.09. The summed E-state index contributed by atoms with van der Waals surface area (Å²) >= 11 is 0. The molecular formula is C45H33NO. The molecule has 224 valence electrons. The lowest BCUT2D eigenvalue weighted by Crippen LogP contribution is -2.20. The first kappa shape index (κ1) is 27.5. The van der Waals surface area contributed by atoms with Gasteiger partial charge in [0.25, 0.3) is 0 Å². The third-order valence-corrected chi connectivity index (χ3v) is 9.84. The number of hydrogen-bond donors (Lipinski definition) is 0. The van der Waals surface area contributed by atoms with Crippen molar-refractivity contribution >= 4 is 39.0 Å². The van der Waals surface area contributed by atoms with Crippen molar-refractivity contribution in [2.24, 2.45) is 0 Å². The highest BCUT2D eigenvalue weighted by Gasteiger charge is 2.41. The number of hydrogen-bond acceptors (Lipinski definition) is 2. The van der Waals surface area contributed by atoms with E-state index in [1.807, 2.05) is 6.07 Å². The molecule has 2 heteroatoms. The second-order valence-electron chi connectivity index (χ2n) is 12.9. The average molecular weight is 604 g/mol. The van der Waals surface area contributed by atoms with Crippen molar-refractivity contribution in [3.63, 3.8) is 0 Å². The summed E-state index contributed by atoms with van der Waals surface area (Å²) in [7, 11) is 0. The smallest absolute Gasteiger partial charge is 0.140 e. The van der Waals surface area contributed by atoms with E-state index in [1.165, 1.54) is 55.6 Å². The van der Waals surface area contributed by atoms with E-state index in [4.69, 9.17) is 4.42 Å². The summed E-state index contributed by atoms with van der Waals surface area (Å²) < 4.78 is 6.63. The summed E-state index contributed by atoms with van der Waals surface area (Å²) in [5.74, 6) is 0. The molecular weight excluding hydrogens is 571 g/mol. The molecule has 0 fully saturated rings. The number of para-hydroxylation sites is 1. The lowest BCUT2D eigenvalue weighted by atomic mass is 9.80. The molecule has 1 aliphatic rings. The lowest BCUT2D eigenvalue weighted by Gasteiger charge is -2.32. The molecule has 2 nitrogen and oxygen atoms in total. The van der Waals surface area contributed by atoms with Crippen molar-refractivity contribution in [1.82, 2.24) is 0 Å². The van der Waals surface area contributed by atoms with Crippen LogP contribution in [-0.2, 0) is 5.41 Å². The second kappa shape index (κ2) is 10.6. The summed E-state index contributed by atoms with van der Waals surface area (Å²) in [6, 6.07) is 58.7. The maximum Gasteiger partial charge on any atom is 0.140 e. The molecule has 1 aromatic heterocycles. The fourth-order valence-electron chi connectivity index (χ4n) is 7.66. The van der Waals surface area contributed by atoms with Crippen LogP contribution in [0.25, 0.3) is 55.3 Å². The number of fused-ring (bicyclic) bond motifs is 7. The monoisotopic (exact) mass is 603 g/mol. The van der Waals surface area contributed by atoms with Crippen LogP contribution in [0.1, 0.15) is 25.0 Å². The van der Waals surface area contributed by atoms with Gasteiger partial charge in [-0.25, -0.2) is 0 Å². The van der Waals surface area contributed by atoms with Crippen molar-refractivity contribution in [1.29, 1.82) is 0 Å². The Labute approximate surface area is 275 Å².